The second-order valence-corrected chi connectivity index (χ2v) is 6.28. The Hall–Kier alpha value is -2.14. The van der Waals surface area contributed by atoms with Crippen LogP contribution in [0.2, 0.25) is 0 Å². The molecule has 2 heterocycles. The number of nitrogens with zero attached hydrogens (tertiary/aromatic N) is 3. The lowest BCUT2D eigenvalue weighted by Gasteiger charge is -2.31. The number of carbonyl (C=O) groups is 1. The standard InChI is InChI=1S/C18H23N3O2/c1-20-11-8-19-17(20)18(23)21-9-6-15(7-10-21)12-14-2-4-16(13-22)5-3-14/h2-5,8,11,15,22H,6-7,9-10,12-13H2,1H3. The summed E-state index contributed by atoms with van der Waals surface area (Å²) in [6, 6.07) is 8.15. The predicted molar refractivity (Wildman–Crippen MR) is 87.9 cm³/mol. The van der Waals surface area contributed by atoms with Crippen LogP contribution in [0.15, 0.2) is 36.7 Å². The number of aliphatic hydroxyl groups excluding tert-OH is 1. The van der Waals surface area contributed by atoms with Gasteiger partial charge in [0.25, 0.3) is 5.91 Å². The number of imidazole rings is 1. The van der Waals surface area contributed by atoms with Crippen LogP contribution in [0, 0.1) is 5.92 Å². The lowest BCUT2D eigenvalue weighted by molar-refractivity contribution is 0.0674. The van der Waals surface area contributed by atoms with E-state index < -0.39 is 0 Å². The molecule has 1 N–H and O–H groups in total. The van der Waals surface area contributed by atoms with E-state index in [9.17, 15) is 4.79 Å². The summed E-state index contributed by atoms with van der Waals surface area (Å²) in [4.78, 5) is 18.5. The molecule has 23 heavy (non-hydrogen) atoms. The van der Waals surface area contributed by atoms with E-state index in [1.54, 1.807) is 17.0 Å². The van der Waals surface area contributed by atoms with Crippen LogP contribution in [0.25, 0.3) is 0 Å². The monoisotopic (exact) mass is 313 g/mol. The summed E-state index contributed by atoms with van der Waals surface area (Å²) in [6.45, 7) is 1.68. The van der Waals surface area contributed by atoms with Gasteiger partial charge in [-0.3, -0.25) is 4.79 Å². The number of hydrogen-bond donors (Lipinski definition) is 1. The normalized spacial score (nSPS) is 15.8. The fourth-order valence-electron chi connectivity index (χ4n) is 3.17. The second kappa shape index (κ2) is 6.96. The van der Waals surface area contributed by atoms with E-state index in [1.165, 1.54) is 5.56 Å². The first-order valence-electron chi connectivity index (χ1n) is 8.12. The van der Waals surface area contributed by atoms with Crippen LogP contribution in [0.3, 0.4) is 0 Å². The average Bonchev–Trinajstić information content (AvgIpc) is 3.02. The molecule has 0 aliphatic carbocycles. The van der Waals surface area contributed by atoms with Gasteiger partial charge in [0.05, 0.1) is 6.61 Å². The molecule has 1 aromatic carbocycles. The zero-order chi connectivity index (χ0) is 16.2. The van der Waals surface area contributed by atoms with E-state index in [0.717, 1.165) is 37.9 Å². The van der Waals surface area contributed by atoms with Crippen LogP contribution in [-0.2, 0) is 20.1 Å². The molecule has 1 aromatic heterocycles. The summed E-state index contributed by atoms with van der Waals surface area (Å²) in [5.74, 6) is 1.16. The molecule has 2 aromatic rings. The number of piperidine rings is 1. The summed E-state index contributed by atoms with van der Waals surface area (Å²) in [6.07, 6.45) is 6.55. The fourth-order valence-corrected chi connectivity index (χ4v) is 3.17. The SMILES string of the molecule is Cn1ccnc1C(=O)N1CCC(Cc2ccc(CO)cc2)CC1. The highest BCUT2D eigenvalue weighted by atomic mass is 16.3. The molecule has 1 aliphatic heterocycles. The van der Waals surface area contributed by atoms with Crippen molar-refractivity contribution in [1.29, 1.82) is 0 Å². The fraction of sp³-hybridized carbons (Fsp3) is 0.444. The van der Waals surface area contributed by atoms with Gasteiger partial charge in [-0.05, 0) is 36.3 Å². The minimum Gasteiger partial charge on any atom is -0.392 e. The number of rotatable bonds is 4. The summed E-state index contributed by atoms with van der Waals surface area (Å²) < 4.78 is 1.77. The minimum absolute atomic E-state index is 0.0308. The van der Waals surface area contributed by atoms with Crippen molar-refractivity contribution in [2.24, 2.45) is 13.0 Å². The van der Waals surface area contributed by atoms with E-state index >= 15 is 0 Å². The van der Waals surface area contributed by atoms with Gasteiger partial charge in [0.2, 0.25) is 0 Å². The molecular formula is C18H23N3O2. The van der Waals surface area contributed by atoms with E-state index in [4.69, 9.17) is 5.11 Å². The largest absolute Gasteiger partial charge is 0.392 e. The Kier molecular flexibility index (Phi) is 4.76. The molecule has 0 radical (unpaired) electrons. The van der Waals surface area contributed by atoms with E-state index in [1.807, 2.05) is 24.1 Å². The van der Waals surface area contributed by atoms with Crippen molar-refractivity contribution in [3.8, 4) is 0 Å². The number of aromatic nitrogens is 2. The van der Waals surface area contributed by atoms with Crippen LogP contribution in [-0.4, -0.2) is 38.6 Å². The van der Waals surface area contributed by atoms with Crippen LogP contribution in [0.4, 0.5) is 0 Å². The van der Waals surface area contributed by atoms with Crippen molar-refractivity contribution in [2.45, 2.75) is 25.9 Å². The highest BCUT2D eigenvalue weighted by Gasteiger charge is 2.25. The maximum atomic E-state index is 12.4. The second-order valence-electron chi connectivity index (χ2n) is 6.28. The van der Waals surface area contributed by atoms with Gasteiger partial charge < -0.3 is 14.6 Å². The van der Waals surface area contributed by atoms with Gasteiger partial charge >= 0.3 is 0 Å². The van der Waals surface area contributed by atoms with Gasteiger partial charge in [0, 0.05) is 32.5 Å². The van der Waals surface area contributed by atoms with Gasteiger partial charge in [-0.2, -0.15) is 0 Å². The first-order chi connectivity index (χ1) is 11.2. The lowest BCUT2D eigenvalue weighted by atomic mass is 9.90. The van der Waals surface area contributed by atoms with Gasteiger partial charge in [-0.25, -0.2) is 4.98 Å². The van der Waals surface area contributed by atoms with Crippen molar-refractivity contribution < 1.29 is 9.90 Å². The van der Waals surface area contributed by atoms with Crippen LogP contribution in [0.5, 0.6) is 0 Å². The molecule has 0 saturated carbocycles. The number of aryl methyl sites for hydroxylation is 1. The molecule has 5 nitrogen and oxygen atoms in total. The third kappa shape index (κ3) is 3.62. The molecule has 122 valence electrons. The highest BCUT2D eigenvalue weighted by Crippen LogP contribution is 2.23. The predicted octanol–water partition coefficient (Wildman–Crippen LogP) is 2.01. The molecule has 0 unspecified atom stereocenters. The quantitative estimate of drug-likeness (QED) is 0.939. The Balaban J connectivity index is 1.54. The highest BCUT2D eigenvalue weighted by molar-refractivity contribution is 5.90. The Morgan fingerprint density at radius 2 is 1.87 bits per heavy atom. The van der Waals surface area contributed by atoms with Crippen molar-refractivity contribution in [2.75, 3.05) is 13.1 Å². The number of carbonyl (C=O) groups excluding carboxylic acids is 1. The molecule has 1 saturated heterocycles. The van der Waals surface area contributed by atoms with E-state index in [0.29, 0.717) is 11.7 Å². The first-order valence-corrected chi connectivity index (χ1v) is 8.12. The molecule has 5 heteroatoms. The first kappa shape index (κ1) is 15.7. The molecule has 0 spiro atoms. The van der Waals surface area contributed by atoms with Crippen LogP contribution >= 0.6 is 0 Å². The van der Waals surface area contributed by atoms with Crippen molar-refractivity contribution in [3.63, 3.8) is 0 Å². The van der Waals surface area contributed by atoms with Gasteiger partial charge in [-0.1, -0.05) is 24.3 Å². The maximum Gasteiger partial charge on any atom is 0.289 e. The maximum absolute atomic E-state index is 12.4. The van der Waals surface area contributed by atoms with Gasteiger partial charge in [-0.15, -0.1) is 0 Å². The van der Waals surface area contributed by atoms with Crippen LogP contribution < -0.4 is 0 Å². The van der Waals surface area contributed by atoms with E-state index in [2.05, 4.69) is 17.1 Å². The minimum atomic E-state index is 0.0308. The Labute approximate surface area is 136 Å². The smallest absolute Gasteiger partial charge is 0.289 e. The van der Waals surface area contributed by atoms with Crippen molar-refractivity contribution in [1.82, 2.24) is 14.5 Å². The zero-order valence-corrected chi connectivity index (χ0v) is 13.5. The average molecular weight is 313 g/mol. The van der Waals surface area contributed by atoms with Gasteiger partial charge in [0.1, 0.15) is 0 Å². The Bertz CT molecular complexity index is 655. The Morgan fingerprint density at radius 3 is 2.43 bits per heavy atom. The summed E-state index contributed by atoms with van der Waals surface area (Å²) >= 11 is 0. The molecular weight excluding hydrogens is 290 g/mol. The molecule has 1 fully saturated rings. The lowest BCUT2D eigenvalue weighted by Crippen LogP contribution is -2.39. The number of amides is 1. The van der Waals surface area contributed by atoms with Crippen LogP contribution in [0.1, 0.15) is 34.6 Å². The molecule has 0 bridgehead atoms. The topological polar surface area (TPSA) is 58.4 Å². The number of benzene rings is 1. The molecule has 0 atom stereocenters. The summed E-state index contributed by atoms with van der Waals surface area (Å²) in [5, 5.41) is 9.08. The van der Waals surface area contributed by atoms with E-state index in [-0.39, 0.29) is 12.5 Å². The molecule has 3 rings (SSSR count). The third-order valence-electron chi connectivity index (χ3n) is 4.64. The van der Waals surface area contributed by atoms with Crippen molar-refractivity contribution in [3.05, 3.63) is 53.6 Å². The summed E-state index contributed by atoms with van der Waals surface area (Å²) in [5.41, 5.74) is 2.25. The molecule has 1 amide bonds. The number of hydrogen-bond acceptors (Lipinski definition) is 3. The molecule has 1 aliphatic rings. The van der Waals surface area contributed by atoms with Gasteiger partial charge in [0.15, 0.2) is 5.82 Å². The Morgan fingerprint density at radius 1 is 1.22 bits per heavy atom. The summed E-state index contributed by atoms with van der Waals surface area (Å²) in [7, 11) is 1.85. The number of likely N-dealkylation sites (tertiary alicyclic amines) is 1. The zero-order valence-electron chi connectivity index (χ0n) is 13.5. The van der Waals surface area contributed by atoms with Crippen molar-refractivity contribution >= 4 is 5.91 Å². The third-order valence-corrected chi connectivity index (χ3v) is 4.64. The number of aliphatic hydroxyl groups is 1.